The molecule has 2 heteroatoms. The summed E-state index contributed by atoms with van der Waals surface area (Å²) in [5.74, 6) is 1.15. The summed E-state index contributed by atoms with van der Waals surface area (Å²) in [5.41, 5.74) is -0.616. The van der Waals surface area contributed by atoms with E-state index in [1.54, 1.807) is 11.3 Å². The molecule has 3 unspecified atom stereocenters. The Labute approximate surface area is 103 Å². The number of hydrogen-bond acceptors (Lipinski definition) is 2. The molecular weight excluding hydrogens is 216 g/mol. The van der Waals surface area contributed by atoms with Crippen LogP contribution in [0.25, 0.3) is 0 Å². The molecule has 1 aliphatic rings. The van der Waals surface area contributed by atoms with Gasteiger partial charge in [-0.2, -0.15) is 0 Å². The van der Waals surface area contributed by atoms with E-state index in [1.807, 2.05) is 13.0 Å². The van der Waals surface area contributed by atoms with E-state index >= 15 is 0 Å². The Balaban J connectivity index is 2.21. The molecule has 1 saturated carbocycles. The first-order valence-electron chi connectivity index (χ1n) is 6.42. The van der Waals surface area contributed by atoms with Gasteiger partial charge < -0.3 is 5.11 Å². The van der Waals surface area contributed by atoms with Crippen LogP contribution in [0.5, 0.6) is 0 Å². The Kier molecular flexibility index (Phi) is 3.70. The quantitative estimate of drug-likeness (QED) is 0.838. The van der Waals surface area contributed by atoms with E-state index in [4.69, 9.17) is 0 Å². The van der Waals surface area contributed by atoms with Crippen LogP contribution in [0.2, 0.25) is 0 Å². The molecule has 0 aliphatic heterocycles. The third-order valence-electron chi connectivity index (χ3n) is 4.18. The van der Waals surface area contributed by atoms with Gasteiger partial charge in [-0.1, -0.05) is 38.7 Å². The molecular formula is C14H22OS. The standard InChI is InChI=1S/C14H22OS/c1-3-11-7-4-5-8-12(11)14(2,15)13-9-6-10-16-13/h6,9-12,15H,3-5,7-8H2,1-2H3. The molecule has 0 saturated heterocycles. The van der Waals surface area contributed by atoms with Crippen LogP contribution in [0.3, 0.4) is 0 Å². The average molecular weight is 238 g/mol. The van der Waals surface area contributed by atoms with Crippen LogP contribution < -0.4 is 0 Å². The summed E-state index contributed by atoms with van der Waals surface area (Å²) in [4.78, 5) is 1.14. The fraction of sp³-hybridized carbons (Fsp3) is 0.714. The van der Waals surface area contributed by atoms with E-state index in [0.29, 0.717) is 11.8 Å². The van der Waals surface area contributed by atoms with Gasteiger partial charge in [-0.15, -0.1) is 11.3 Å². The summed E-state index contributed by atoms with van der Waals surface area (Å²) in [6.07, 6.45) is 6.30. The maximum Gasteiger partial charge on any atom is 0.0990 e. The number of thiophene rings is 1. The Bertz CT molecular complexity index is 315. The van der Waals surface area contributed by atoms with Crippen molar-refractivity contribution in [1.29, 1.82) is 0 Å². The molecule has 1 heterocycles. The van der Waals surface area contributed by atoms with Gasteiger partial charge in [0.05, 0.1) is 5.60 Å². The van der Waals surface area contributed by atoms with Crippen molar-refractivity contribution >= 4 is 11.3 Å². The number of aliphatic hydroxyl groups is 1. The molecule has 1 nitrogen and oxygen atoms in total. The third-order valence-corrected chi connectivity index (χ3v) is 5.27. The van der Waals surface area contributed by atoms with Gasteiger partial charge in [0.1, 0.15) is 0 Å². The molecule has 2 rings (SSSR count). The van der Waals surface area contributed by atoms with Gasteiger partial charge in [-0.3, -0.25) is 0 Å². The lowest BCUT2D eigenvalue weighted by atomic mass is 9.69. The van der Waals surface area contributed by atoms with E-state index < -0.39 is 5.60 Å². The highest BCUT2D eigenvalue weighted by Gasteiger charge is 2.39. The molecule has 0 bridgehead atoms. The summed E-state index contributed by atoms with van der Waals surface area (Å²) in [5, 5.41) is 12.9. The first kappa shape index (κ1) is 12.1. The normalized spacial score (nSPS) is 29.9. The van der Waals surface area contributed by atoms with Crippen molar-refractivity contribution in [3.8, 4) is 0 Å². The first-order valence-corrected chi connectivity index (χ1v) is 7.30. The lowest BCUT2D eigenvalue weighted by Crippen LogP contribution is -2.37. The molecule has 1 aliphatic carbocycles. The predicted octanol–water partition coefficient (Wildman–Crippen LogP) is 4.17. The SMILES string of the molecule is CCC1CCCCC1C(C)(O)c1cccs1. The van der Waals surface area contributed by atoms with Crippen LogP contribution in [0, 0.1) is 11.8 Å². The summed E-state index contributed by atoms with van der Waals surface area (Å²) >= 11 is 1.69. The van der Waals surface area contributed by atoms with Crippen LogP contribution in [-0.4, -0.2) is 5.11 Å². The second kappa shape index (κ2) is 4.89. The van der Waals surface area contributed by atoms with Gasteiger partial charge in [0.15, 0.2) is 0 Å². The maximum absolute atomic E-state index is 10.8. The van der Waals surface area contributed by atoms with Crippen molar-refractivity contribution in [3.05, 3.63) is 22.4 Å². The van der Waals surface area contributed by atoms with Gasteiger partial charge in [0.25, 0.3) is 0 Å². The lowest BCUT2D eigenvalue weighted by molar-refractivity contribution is -0.0460. The minimum atomic E-state index is -0.616. The highest BCUT2D eigenvalue weighted by atomic mass is 32.1. The first-order chi connectivity index (χ1) is 7.66. The monoisotopic (exact) mass is 238 g/mol. The largest absolute Gasteiger partial charge is 0.384 e. The van der Waals surface area contributed by atoms with Gasteiger partial charge in [-0.25, -0.2) is 0 Å². The Hall–Kier alpha value is -0.340. The maximum atomic E-state index is 10.8. The van der Waals surface area contributed by atoms with Crippen LogP contribution in [-0.2, 0) is 5.60 Å². The van der Waals surface area contributed by atoms with Gasteiger partial charge in [0, 0.05) is 4.88 Å². The van der Waals surface area contributed by atoms with Crippen molar-refractivity contribution < 1.29 is 5.11 Å². The minimum absolute atomic E-state index is 0.449. The van der Waals surface area contributed by atoms with Crippen LogP contribution >= 0.6 is 11.3 Å². The molecule has 1 aromatic rings. The molecule has 1 N–H and O–H groups in total. The van der Waals surface area contributed by atoms with Gasteiger partial charge in [0.2, 0.25) is 0 Å². The topological polar surface area (TPSA) is 20.2 Å². The second-order valence-electron chi connectivity index (χ2n) is 5.18. The Morgan fingerprint density at radius 3 is 2.81 bits per heavy atom. The van der Waals surface area contributed by atoms with Gasteiger partial charge >= 0.3 is 0 Å². The average Bonchev–Trinajstić information content (AvgIpc) is 2.83. The van der Waals surface area contributed by atoms with Crippen molar-refractivity contribution in [3.63, 3.8) is 0 Å². The van der Waals surface area contributed by atoms with Crippen molar-refractivity contribution in [2.75, 3.05) is 0 Å². The molecule has 16 heavy (non-hydrogen) atoms. The molecule has 90 valence electrons. The molecule has 1 aromatic heterocycles. The summed E-state index contributed by atoms with van der Waals surface area (Å²) in [7, 11) is 0. The zero-order valence-corrected chi connectivity index (χ0v) is 11.1. The van der Waals surface area contributed by atoms with Crippen LogP contribution in [0.1, 0.15) is 50.8 Å². The van der Waals surface area contributed by atoms with Crippen molar-refractivity contribution in [2.45, 2.75) is 51.6 Å². The minimum Gasteiger partial charge on any atom is -0.384 e. The summed E-state index contributed by atoms with van der Waals surface area (Å²) in [6, 6.07) is 4.12. The lowest BCUT2D eigenvalue weighted by Gasteiger charge is -2.40. The molecule has 1 fully saturated rings. The predicted molar refractivity (Wildman–Crippen MR) is 69.6 cm³/mol. The molecule has 0 amide bonds. The zero-order chi connectivity index (χ0) is 11.6. The molecule has 0 radical (unpaired) electrons. The zero-order valence-electron chi connectivity index (χ0n) is 10.3. The Morgan fingerprint density at radius 2 is 2.19 bits per heavy atom. The smallest absolute Gasteiger partial charge is 0.0990 e. The number of hydrogen-bond donors (Lipinski definition) is 1. The highest BCUT2D eigenvalue weighted by Crippen LogP contribution is 2.44. The van der Waals surface area contributed by atoms with Crippen molar-refractivity contribution in [1.82, 2.24) is 0 Å². The van der Waals surface area contributed by atoms with E-state index in [0.717, 1.165) is 4.88 Å². The molecule has 3 atom stereocenters. The van der Waals surface area contributed by atoms with Gasteiger partial charge in [-0.05, 0) is 36.6 Å². The van der Waals surface area contributed by atoms with E-state index in [9.17, 15) is 5.11 Å². The summed E-state index contributed by atoms with van der Waals surface area (Å²) < 4.78 is 0. The van der Waals surface area contributed by atoms with E-state index in [1.165, 1.54) is 32.1 Å². The van der Waals surface area contributed by atoms with Crippen LogP contribution in [0.4, 0.5) is 0 Å². The fourth-order valence-electron chi connectivity index (χ4n) is 3.19. The van der Waals surface area contributed by atoms with E-state index in [-0.39, 0.29) is 0 Å². The highest BCUT2D eigenvalue weighted by molar-refractivity contribution is 7.10. The van der Waals surface area contributed by atoms with E-state index in [2.05, 4.69) is 18.4 Å². The Morgan fingerprint density at radius 1 is 1.44 bits per heavy atom. The van der Waals surface area contributed by atoms with Crippen molar-refractivity contribution in [2.24, 2.45) is 11.8 Å². The molecule has 0 aromatic carbocycles. The second-order valence-corrected chi connectivity index (χ2v) is 6.13. The van der Waals surface area contributed by atoms with Crippen LogP contribution in [0.15, 0.2) is 17.5 Å². The number of rotatable bonds is 3. The third kappa shape index (κ3) is 2.18. The summed E-state index contributed by atoms with van der Waals surface area (Å²) in [6.45, 7) is 4.27. The molecule has 0 spiro atoms. The fourth-order valence-corrected chi connectivity index (χ4v) is 4.04.